The van der Waals surface area contributed by atoms with Gasteiger partial charge in [-0.25, -0.2) is 4.72 Å². The zero-order chi connectivity index (χ0) is 13.8. The molecule has 0 aromatic carbocycles. The molecule has 0 amide bonds. The van der Waals surface area contributed by atoms with Crippen molar-refractivity contribution in [1.29, 1.82) is 0 Å². The maximum atomic E-state index is 11.9. The number of rotatable bonds is 7. The molecule has 1 aliphatic rings. The lowest BCUT2D eigenvalue weighted by Gasteiger charge is -2.25. The van der Waals surface area contributed by atoms with Crippen LogP contribution in [0.15, 0.2) is 0 Å². The summed E-state index contributed by atoms with van der Waals surface area (Å²) in [4.78, 5) is 10.4. The second-order valence-corrected chi connectivity index (χ2v) is 7.17. The van der Waals surface area contributed by atoms with Gasteiger partial charge >= 0.3 is 5.97 Å². The SMILES string of the molecule is CN(CCC(=O)O)S(=O)(=O)NCC1(C)CCCC1. The van der Waals surface area contributed by atoms with E-state index < -0.39 is 16.2 Å². The van der Waals surface area contributed by atoms with Crippen LogP contribution >= 0.6 is 0 Å². The minimum atomic E-state index is -3.56. The molecule has 0 unspecified atom stereocenters. The lowest BCUT2D eigenvalue weighted by atomic mass is 9.89. The van der Waals surface area contributed by atoms with Crippen LogP contribution in [0.3, 0.4) is 0 Å². The van der Waals surface area contributed by atoms with Crippen LogP contribution in [-0.4, -0.2) is 43.9 Å². The molecule has 0 radical (unpaired) electrons. The van der Waals surface area contributed by atoms with E-state index in [2.05, 4.69) is 11.6 Å². The van der Waals surface area contributed by atoms with Crippen molar-refractivity contribution in [2.75, 3.05) is 20.1 Å². The van der Waals surface area contributed by atoms with E-state index in [1.807, 2.05) is 0 Å². The van der Waals surface area contributed by atoms with E-state index in [-0.39, 0.29) is 18.4 Å². The second-order valence-electron chi connectivity index (χ2n) is 5.31. The summed E-state index contributed by atoms with van der Waals surface area (Å²) in [6, 6.07) is 0. The molecule has 0 aliphatic heterocycles. The van der Waals surface area contributed by atoms with Crippen molar-refractivity contribution in [1.82, 2.24) is 9.03 Å². The van der Waals surface area contributed by atoms with Gasteiger partial charge in [0.05, 0.1) is 6.42 Å². The molecule has 0 aromatic rings. The van der Waals surface area contributed by atoms with Crippen LogP contribution in [-0.2, 0) is 15.0 Å². The fourth-order valence-corrected chi connectivity index (χ4v) is 3.24. The maximum absolute atomic E-state index is 11.9. The predicted octanol–water partition coefficient (Wildman–Crippen LogP) is 0.808. The third-order valence-corrected chi connectivity index (χ3v) is 5.06. The Hall–Kier alpha value is -0.660. The van der Waals surface area contributed by atoms with Gasteiger partial charge in [-0.15, -0.1) is 0 Å². The Morgan fingerprint density at radius 1 is 1.39 bits per heavy atom. The van der Waals surface area contributed by atoms with Gasteiger partial charge in [-0.1, -0.05) is 19.8 Å². The van der Waals surface area contributed by atoms with Gasteiger partial charge in [0, 0.05) is 20.1 Å². The van der Waals surface area contributed by atoms with Crippen molar-refractivity contribution in [2.45, 2.75) is 39.0 Å². The van der Waals surface area contributed by atoms with Gasteiger partial charge in [0.1, 0.15) is 0 Å². The maximum Gasteiger partial charge on any atom is 0.304 e. The standard InChI is InChI=1S/C11H22N2O4S/c1-11(6-3-4-7-11)9-12-18(16,17)13(2)8-5-10(14)15/h12H,3-9H2,1-2H3,(H,14,15). The third kappa shape index (κ3) is 4.55. The van der Waals surface area contributed by atoms with Crippen molar-refractivity contribution in [2.24, 2.45) is 5.41 Å². The molecule has 0 atom stereocenters. The van der Waals surface area contributed by atoms with Gasteiger partial charge in [-0.3, -0.25) is 4.79 Å². The van der Waals surface area contributed by atoms with Crippen molar-refractivity contribution >= 4 is 16.2 Å². The molecule has 18 heavy (non-hydrogen) atoms. The normalized spacial score (nSPS) is 19.3. The lowest BCUT2D eigenvalue weighted by molar-refractivity contribution is -0.137. The summed E-state index contributed by atoms with van der Waals surface area (Å²) in [5, 5.41) is 8.53. The van der Waals surface area contributed by atoms with E-state index in [0.717, 1.165) is 30.0 Å². The summed E-state index contributed by atoms with van der Waals surface area (Å²) in [5.74, 6) is -1.00. The molecule has 106 valence electrons. The molecular weight excluding hydrogens is 256 g/mol. The Morgan fingerprint density at radius 2 is 1.94 bits per heavy atom. The molecule has 7 heteroatoms. The number of aliphatic carboxylic acids is 1. The summed E-state index contributed by atoms with van der Waals surface area (Å²) in [7, 11) is -2.17. The van der Waals surface area contributed by atoms with E-state index in [0.29, 0.717) is 6.54 Å². The van der Waals surface area contributed by atoms with Crippen LogP contribution in [0, 0.1) is 5.41 Å². The van der Waals surface area contributed by atoms with Crippen molar-refractivity contribution in [3.8, 4) is 0 Å². The molecule has 6 nitrogen and oxygen atoms in total. The first-order chi connectivity index (χ1) is 8.25. The number of carboxylic acids is 1. The highest BCUT2D eigenvalue weighted by Gasteiger charge is 2.30. The first kappa shape index (κ1) is 15.4. The molecule has 0 heterocycles. The van der Waals surface area contributed by atoms with Crippen LogP contribution in [0.5, 0.6) is 0 Å². The molecule has 1 aliphatic carbocycles. The zero-order valence-electron chi connectivity index (χ0n) is 11.0. The second kappa shape index (κ2) is 5.99. The molecule has 1 saturated carbocycles. The Bertz CT molecular complexity index is 388. The lowest BCUT2D eigenvalue weighted by Crippen LogP contribution is -2.43. The third-order valence-electron chi connectivity index (χ3n) is 3.54. The minimum absolute atomic E-state index is 0.0125. The highest BCUT2D eigenvalue weighted by Crippen LogP contribution is 2.36. The summed E-state index contributed by atoms with van der Waals surface area (Å²) in [5.41, 5.74) is 0.0424. The number of nitrogens with one attached hydrogen (secondary N) is 1. The molecule has 0 spiro atoms. The summed E-state index contributed by atoms with van der Waals surface area (Å²) in [6.07, 6.45) is 4.18. The van der Waals surface area contributed by atoms with Crippen molar-refractivity contribution in [3.05, 3.63) is 0 Å². The molecule has 0 bridgehead atoms. The number of nitrogens with zero attached hydrogens (tertiary/aromatic N) is 1. The Morgan fingerprint density at radius 3 is 2.44 bits per heavy atom. The summed E-state index contributed by atoms with van der Waals surface area (Å²) in [6.45, 7) is 2.49. The van der Waals surface area contributed by atoms with Gasteiger partial charge in [0.2, 0.25) is 0 Å². The Kier molecular flexibility index (Phi) is 5.12. The van der Waals surface area contributed by atoms with E-state index in [1.165, 1.54) is 7.05 Å². The van der Waals surface area contributed by atoms with Gasteiger partial charge in [-0.05, 0) is 18.3 Å². The van der Waals surface area contributed by atoms with Gasteiger partial charge in [-0.2, -0.15) is 12.7 Å². The minimum Gasteiger partial charge on any atom is -0.481 e. The molecule has 1 rings (SSSR count). The van der Waals surface area contributed by atoms with Crippen molar-refractivity contribution in [3.63, 3.8) is 0 Å². The fourth-order valence-electron chi connectivity index (χ4n) is 2.15. The highest BCUT2D eigenvalue weighted by molar-refractivity contribution is 7.87. The fraction of sp³-hybridized carbons (Fsp3) is 0.909. The van der Waals surface area contributed by atoms with Gasteiger partial charge in [0.25, 0.3) is 10.2 Å². The topological polar surface area (TPSA) is 86.7 Å². The van der Waals surface area contributed by atoms with Crippen LogP contribution in [0.1, 0.15) is 39.0 Å². The molecular formula is C11H22N2O4S. The van der Waals surface area contributed by atoms with Crippen LogP contribution in [0.2, 0.25) is 0 Å². The van der Waals surface area contributed by atoms with Crippen LogP contribution < -0.4 is 4.72 Å². The molecule has 0 saturated heterocycles. The highest BCUT2D eigenvalue weighted by atomic mass is 32.2. The Balaban J connectivity index is 2.45. The number of hydrogen-bond donors (Lipinski definition) is 2. The molecule has 0 aromatic heterocycles. The quantitative estimate of drug-likeness (QED) is 0.721. The van der Waals surface area contributed by atoms with E-state index in [9.17, 15) is 13.2 Å². The zero-order valence-corrected chi connectivity index (χ0v) is 11.8. The summed E-state index contributed by atoms with van der Waals surface area (Å²) >= 11 is 0. The molecule has 2 N–H and O–H groups in total. The number of carboxylic acid groups (broad SMARTS) is 1. The number of carbonyl (C=O) groups is 1. The van der Waals surface area contributed by atoms with E-state index in [1.54, 1.807) is 0 Å². The van der Waals surface area contributed by atoms with E-state index >= 15 is 0 Å². The van der Waals surface area contributed by atoms with Crippen molar-refractivity contribution < 1.29 is 18.3 Å². The first-order valence-electron chi connectivity index (χ1n) is 6.18. The van der Waals surface area contributed by atoms with Gasteiger partial charge in [0.15, 0.2) is 0 Å². The molecule has 1 fully saturated rings. The summed E-state index contributed by atoms with van der Waals surface area (Å²) < 4.78 is 27.4. The van der Waals surface area contributed by atoms with Gasteiger partial charge < -0.3 is 5.11 Å². The largest absolute Gasteiger partial charge is 0.481 e. The van der Waals surface area contributed by atoms with Crippen LogP contribution in [0.25, 0.3) is 0 Å². The average Bonchev–Trinajstić information content (AvgIpc) is 2.71. The van der Waals surface area contributed by atoms with Crippen LogP contribution in [0.4, 0.5) is 0 Å². The monoisotopic (exact) mass is 278 g/mol. The smallest absolute Gasteiger partial charge is 0.304 e. The number of hydrogen-bond acceptors (Lipinski definition) is 3. The first-order valence-corrected chi connectivity index (χ1v) is 7.62. The predicted molar refractivity (Wildman–Crippen MR) is 68.4 cm³/mol. The Labute approximate surface area is 109 Å². The van der Waals surface area contributed by atoms with E-state index in [4.69, 9.17) is 5.11 Å². The average molecular weight is 278 g/mol.